The van der Waals surface area contributed by atoms with Gasteiger partial charge in [-0.1, -0.05) is 36.3 Å². The number of nitrogens with one attached hydrogen (secondary N) is 1. The topological polar surface area (TPSA) is 12.0 Å². The van der Waals surface area contributed by atoms with Crippen LogP contribution in [0.5, 0.6) is 0 Å². The molecule has 1 aromatic rings. The Bertz CT molecular complexity index is 379. The molecule has 0 saturated heterocycles. The third kappa shape index (κ3) is 4.35. The number of benzene rings is 1. The molecular formula is C16H25N. The smallest absolute Gasteiger partial charge is 0.0360 e. The lowest BCUT2D eigenvalue weighted by Gasteiger charge is -2.21. The van der Waals surface area contributed by atoms with Crippen LogP contribution in [0.4, 0.5) is 0 Å². The van der Waals surface area contributed by atoms with Gasteiger partial charge in [0.25, 0.3) is 0 Å². The lowest BCUT2D eigenvalue weighted by molar-refractivity contribution is 0.526. The van der Waals surface area contributed by atoms with Crippen LogP contribution in [0.15, 0.2) is 30.4 Å². The summed E-state index contributed by atoms with van der Waals surface area (Å²) < 4.78 is 0. The van der Waals surface area contributed by atoms with Crippen molar-refractivity contribution in [2.75, 3.05) is 6.54 Å². The van der Waals surface area contributed by atoms with Gasteiger partial charge in [-0.3, -0.25) is 0 Å². The Kier molecular flexibility index (Phi) is 5.43. The molecular weight excluding hydrogens is 206 g/mol. The molecule has 0 spiro atoms. The van der Waals surface area contributed by atoms with E-state index in [2.05, 4.69) is 57.8 Å². The molecule has 0 saturated carbocycles. The van der Waals surface area contributed by atoms with Crippen molar-refractivity contribution in [3.63, 3.8) is 0 Å². The predicted molar refractivity (Wildman–Crippen MR) is 76.4 cm³/mol. The predicted octanol–water partition coefficient (Wildman–Crippen LogP) is 4.31. The van der Waals surface area contributed by atoms with Crippen LogP contribution in [0.2, 0.25) is 0 Å². The van der Waals surface area contributed by atoms with Gasteiger partial charge in [0, 0.05) is 6.04 Å². The van der Waals surface area contributed by atoms with E-state index >= 15 is 0 Å². The van der Waals surface area contributed by atoms with E-state index in [-0.39, 0.29) is 0 Å². The van der Waals surface area contributed by atoms with Crippen LogP contribution in [0, 0.1) is 13.8 Å². The molecule has 1 N–H and O–H groups in total. The highest BCUT2D eigenvalue weighted by molar-refractivity contribution is 5.33. The van der Waals surface area contributed by atoms with Crippen molar-refractivity contribution >= 4 is 0 Å². The quantitative estimate of drug-likeness (QED) is 0.719. The lowest BCUT2D eigenvalue weighted by Crippen LogP contribution is -2.23. The fraction of sp³-hybridized carbons (Fsp3) is 0.500. The Morgan fingerprint density at radius 2 is 2.06 bits per heavy atom. The second-order valence-electron chi connectivity index (χ2n) is 5.03. The molecule has 0 aliphatic heterocycles. The largest absolute Gasteiger partial charge is 0.310 e. The molecule has 17 heavy (non-hydrogen) atoms. The zero-order valence-corrected chi connectivity index (χ0v) is 11.6. The molecule has 0 radical (unpaired) electrons. The molecule has 0 aliphatic carbocycles. The summed E-state index contributed by atoms with van der Waals surface area (Å²) in [7, 11) is 0. The molecule has 94 valence electrons. The van der Waals surface area contributed by atoms with Gasteiger partial charge in [0.1, 0.15) is 0 Å². The summed E-state index contributed by atoms with van der Waals surface area (Å²) in [6.07, 6.45) is 2.18. The Hall–Kier alpha value is -1.08. The molecule has 1 nitrogen and oxygen atoms in total. The molecule has 0 aromatic heterocycles. The molecule has 1 atom stereocenters. The molecule has 0 aliphatic rings. The van der Waals surface area contributed by atoms with Crippen molar-refractivity contribution in [2.24, 2.45) is 0 Å². The van der Waals surface area contributed by atoms with Crippen molar-refractivity contribution in [1.29, 1.82) is 0 Å². The number of aryl methyl sites for hydroxylation is 2. The minimum atomic E-state index is 0.410. The number of rotatable bonds is 6. The van der Waals surface area contributed by atoms with Crippen LogP contribution in [0.1, 0.15) is 49.4 Å². The van der Waals surface area contributed by atoms with Gasteiger partial charge in [-0.05, 0) is 51.3 Å². The van der Waals surface area contributed by atoms with Crippen LogP contribution in [0.25, 0.3) is 0 Å². The average molecular weight is 231 g/mol. The summed E-state index contributed by atoms with van der Waals surface area (Å²) in [6, 6.07) is 7.12. The summed E-state index contributed by atoms with van der Waals surface area (Å²) in [5.41, 5.74) is 5.35. The second kappa shape index (κ2) is 6.61. The Morgan fingerprint density at radius 3 is 2.59 bits per heavy atom. The molecule has 1 aromatic carbocycles. The van der Waals surface area contributed by atoms with Gasteiger partial charge < -0.3 is 5.32 Å². The average Bonchev–Trinajstić information content (AvgIpc) is 2.24. The number of hydrogen-bond acceptors (Lipinski definition) is 1. The summed E-state index contributed by atoms with van der Waals surface area (Å²) in [6.45, 7) is 13.7. The lowest BCUT2D eigenvalue weighted by atomic mass is 9.95. The zero-order valence-electron chi connectivity index (χ0n) is 11.6. The standard InChI is InChI=1S/C16H25N/c1-6-9-17-16(10-12(2)3)15-8-7-13(4)11-14(15)5/h7-8,11,16-17H,2,6,9-10H2,1,3-5H3. The molecule has 0 amide bonds. The SMILES string of the molecule is C=C(C)CC(NCCC)c1ccc(C)cc1C. The molecule has 0 fully saturated rings. The van der Waals surface area contributed by atoms with Crippen LogP contribution >= 0.6 is 0 Å². The third-order valence-electron chi connectivity index (χ3n) is 2.99. The normalized spacial score (nSPS) is 12.5. The molecule has 1 heteroatoms. The summed E-state index contributed by atoms with van der Waals surface area (Å²) >= 11 is 0. The van der Waals surface area contributed by atoms with Crippen molar-refractivity contribution < 1.29 is 0 Å². The first-order valence-electron chi connectivity index (χ1n) is 6.49. The molecule has 0 heterocycles. The first-order chi connectivity index (χ1) is 8.04. The highest BCUT2D eigenvalue weighted by Crippen LogP contribution is 2.24. The minimum Gasteiger partial charge on any atom is -0.310 e. The van der Waals surface area contributed by atoms with E-state index in [0.29, 0.717) is 6.04 Å². The highest BCUT2D eigenvalue weighted by Gasteiger charge is 2.12. The summed E-state index contributed by atoms with van der Waals surface area (Å²) in [5.74, 6) is 0. The van der Waals surface area contributed by atoms with E-state index in [9.17, 15) is 0 Å². The van der Waals surface area contributed by atoms with Gasteiger partial charge >= 0.3 is 0 Å². The Labute approximate surface area is 106 Å². The van der Waals surface area contributed by atoms with Crippen molar-refractivity contribution in [1.82, 2.24) is 5.32 Å². The van der Waals surface area contributed by atoms with Gasteiger partial charge in [0.2, 0.25) is 0 Å². The monoisotopic (exact) mass is 231 g/mol. The van der Waals surface area contributed by atoms with E-state index in [1.807, 2.05) is 0 Å². The van der Waals surface area contributed by atoms with E-state index in [1.54, 1.807) is 0 Å². The van der Waals surface area contributed by atoms with Gasteiger partial charge in [0.05, 0.1) is 0 Å². The highest BCUT2D eigenvalue weighted by atomic mass is 14.9. The maximum atomic E-state index is 4.04. The fourth-order valence-electron chi connectivity index (χ4n) is 2.18. The second-order valence-corrected chi connectivity index (χ2v) is 5.03. The maximum absolute atomic E-state index is 4.04. The third-order valence-corrected chi connectivity index (χ3v) is 2.99. The van der Waals surface area contributed by atoms with Gasteiger partial charge in [-0.15, -0.1) is 6.58 Å². The fourth-order valence-corrected chi connectivity index (χ4v) is 2.18. The molecule has 0 bridgehead atoms. The maximum Gasteiger partial charge on any atom is 0.0360 e. The Balaban J connectivity index is 2.90. The van der Waals surface area contributed by atoms with E-state index in [0.717, 1.165) is 19.4 Å². The molecule has 1 unspecified atom stereocenters. The first kappa shape index (κ1) is 14.0. The van der Waals surface area contributed by atoms with Crippen LogP contribution < -0.4 is 5.32 Å². The summed E-state index contributed by atoms with van der Waals surface area (Å²) in [5, 5.41) is 3.62. The molecule has 1 rings (SSSR count). The van der Waals surface area contributed by atoms with Crippen LogP contribution in [0.3, 0.4) is 0 Å². The van der Waals surface area contributed by atoms with Gasteiger partial charge in [0.15, 0.2) is 0 Å². The number of hydrogen-bond donors (Lipinski definition) is 1. The van der Waals surface area contributed by atoms with Crippen molar-refractivity contribution in [3.05, 3.63) is 47.0 Å². The van der Waals surface area contributed by atoms with E-state index in [4.69, 9.17) is 0 Å². The van der Waals surface area contributed by atoms with Crippen LogP contribution in [-0.2, 0) is 0 Å². The van der Waals surface area contributed by atoms with Crippen molar-refractivity contribution in [3.8, 4) is 0 Å². The van der Waals surface area contributed by atoms with Crippen LogP contribution in [-0.4, -0.2) is 6.54 Å². The summed E-state index contributed by atoms with van der Waals surface area (Å²) in [4.78, 5) is 0. The van der Waals surface area contributed by atoms with Crippen molar-refractivity contribution in [2.45, 2.75) is 46.6 Å². The first-order valence-corrected chi connectivity index (χ1v) is 6.49. The zero-order chi connectivity index (χ0) is 12.8. The van der Waals surface area contributed by atoms with Gasteiger partial charge in [-0.2, -0.15) is 0 Å². The Morgan fingerprint density at radius 1 is 1.35 bits per heavy atom. The van der Waals surface area contributed by atoms with E-state index in [1.165, 1.54) is 22.3 Å². The minimum absolute atomic E-state index is 0.410. The van der Waals surface area contributed by atoms with Gasteiger partial charge in [-0.25, -0.2) is 0 Å². The van der Waals surface area contributed by atoms with E-state index < -0.39 is 0 Å².